The van der Waals surface area contributed by atoms with E-state index in [1.54, 1.807) is 17.3 Å². The smallest absolute Gasteiger partial charge is 0.410 e. The van der Waals surface area contributed by atoms with Gasteiger partial charge in [0.1, 0.15) is 6.61 Å². The molecule has 0 saturated carbocycles. The molecule has 3 rings (SSSR count). The first-order chi connectivity index (χ1) is 9.24. The Hall–Kier alpha value is -2.05. The summed E-state index contributed by atoms with van der Waals surface area (Å²) in [4.78, 5) is 27.0. The summed E-state index contributed by atoms with van der Waals surface area (Å²) >= 11 is 0. The number of ether oxygens (including phenoxy) is 1. The van der Waals surface area contributed by atoms with E-state index >= 15 is 0 Å². The first-order valence-electron chi connectivity index (χ1n) is 6.43. The van der Waals surface area contributed by atoms with E-state index in [0.29, 0.717) is 39.1 Å². The van der Waals surface area contributed by atoms with E-state index in [1.807, 2.05) is 4.90 Å². The molecular weight excluding hydrogens is 248 g/mol. The minimum atomic E-state index is -0.254. The van der Waals surface area contributed by atoms with Gasteiger partial charge >= 0.3 is 6.09 Å². The summed E-state index contributed by atoms with van der Waals surface area (Å²) in [5.41, 5.74) is 1.03. The highest BCUT2D eigenvalue weighted by atomic mass is 16.6. The number of nitrogens with one attached hydrogen (secondary N) is 1. The van der Waals surface area contributed by atoms with E-state index in [9.17, 15) is 9.59 Å². The van der Waals surface area contributed by atoms with Crippen LogP contribution in [-0.2, 0) is 16.0 Å². The number of amides is 2. The zero-order chi connectivity index (χ0) is 13.2. The molecule has 2 aliphatic heterocycles. The number of rotatable bonds is 3. The van der Waals surface area contributed by atoms with Crippen LogP contribution in [0.5, 0.6) is 0 Å². The van der Waals surface area contributed by atoms with Crippen molar-refractivity contribution in [3.05, 3.63) is 18.0 Å². The number of nitrogens with zero attached hydrogens (tertiary/aromatic N) is 3. The third-order valence-corrected chi connectivity index (χ3v) is 3.65. The fourth-order valence-electron chi connectivity index (χ4n) is 2.54. The number of carbonyl (C=O) groups excluding carboxylic acids is 2. The van der Waals surface area contributed by atoms with Crippen LogP contribution in [0.4, 0.5) is 4.79 Å². The van der Waals surface area contributed by atoms with E-state index in [1.165, 1.54) is 0 Å². The van der Waals surface area contributed by atoms with Gasteiger partial charge in [-0.2, -0.15) is 5.10 Å². The normalized spacial score (nSPS) is 22.3. The van der Waals surface area contributed by atoms with E-state index in [0.717, 1.165) is 5.56 Å². The van der Waals surface area contributed by atoms with Gasteiger partial charge in [0.25, 0.3) is 0 Å². The van der Waals surface area contributed by atoms with E-state index < -0.39 is 0 Å². The summed E-state index contributed by atoms with van der Waals surface area (Å²) in [6, 6.07) is 0.0270. The lowest BCUT2D eigenvalue weighted by Crippen LogP contribution is -2.53. The van der Waals surface area contributed by atoms with E-state index in [4.69, 9.17) is 4.74 Å². The van der Waals surface area contributed by atoms with Crippen molar-refractivity contribution in [3.8, 4) is 0 Å². The Labute approximate surface area is 110 Å². The van der Waals surface area contributed by atoms with Crippen LogP contribution in [0.3, 0.4) is 0 Å². The molecule has 0 radical (unpaired) electrons. The van der Waals surface area contributed by atoms with Crippen LogP contribution in [-0.4, -0.2) is 64.3 Å². The van der Waals surface area contributed by atoms with Gasteiger partial charge in [0, 0.05) is 32.3 Å². The molecule has 1 aromatic heterocycles. The molecule has 0 aromatic carbocycles. The van der Waals surface area contributed by atoms with Crippen LogP contribution >= 0.6 is 0 Å². The van der Waals surface area contributed by atoms with Crippen molar-refractivity contribution in [2.24, 2.45) is 0 Å². The fraction of sp³-hybridized carbons (Fsp3) is 0.583. The molecular formula is C12H16N4O3. The number of cyclic esters (lactones) is 1. The first-order valence-corrected chi connectivity index (χ1v) is 6.43. The van der Waals surface area contributed by atoms with E-state index in [-0.39, 0.29) is 18.0 Å². The predicted molar refractivity (Wildman–Crippen MR) is 65.3 cm³/mol. The number of aromatic nitrogens is 2. The van der Waals surface area contributed by atoms with Crippen LogP contribution in [0.25, 0.3) is 0 Å². The number of fused-ring (bicyclic) bond motifs is 1. The van der Waals surface area contributed by atoms with Crippen molar-refractivity contribution < 1.29 is 14.3 Å². The Morgan fingerprint density at radius 1 is 1.53 bits per heavy atom. The zero-order valence-corrected chi connectivity index (χ0v) is 10.5. The van der Waals surface area contributed by atoms with Gasteiger partial charge in [-0.3, -0.25) is 14.8 Å². The molecule has 7 nitrogen and oxygen atoms in total. The van der Waals surface area contributed by atoms with Gasteiger partial charge in [-0.15, -0.1) is 0 Å². The Morgan fingerprint density at radius 3 is 3.21 bits per heavy atom. The van der Waals surface area contributed by atoms with Gasteiger partial charge in [0.15, 0.2) is 0 Å². The lowest BCUT2D eigenvalue weighted by Gasteiger charge is -2.35. The minimum Gasteiger partial charge on any atom is -0.447 e. The molecule has 2 saturated heterocycles. The summed E-state index contributed by atoms with van der Waals surface area (Å²) in [5.74, 6) is 0.125. The summed E-state index contributed by atoms with van der Waals surface area (Å²) in [6.45, 7) is 2.14. The van der Waals surface area contributed by atoms with E-state index in [2.05, 4.69) is 10.2 Å². The second-order valence-corrected chi connectivity index (χ2v) is 4.87. The van der Waals surface area contributed by atoms with Gasteiger partial charge in [0.2, 0.25) is 5.91 Å². The molecule has 1 aromatic rings. The molecule has 2 aliphatic rings. The first kappa shape index (κ1) is 12.0. The monoisotopic (exact) mass is 264 g/mol. The van der Waals surface area contributed by atoms with Crippen LogP contribution in [0.1, 0.15) is 12.0 Å². The number of aryl methyl sites for hydroxylation is 1. The molecule has 7 heteroatoms. The number of carbonyl (C=O) groups is 2. The van der Waals surface area contributed by atoms with Crippen LogP contribution in [0.15, 0.2) is 12.4 Å². The Morgan fingerprint density at radius 2 is 2.42 bits per heavy atom. The molecule has 2 fully saturated rings. The average Bonchev–Trinajstić information content (AvgIpc) is 3.06. The Balaban J connectivity index is 1.52. The maximum Gasteiger partial charge on any atom is 0.410 e. The van der Waals surface area contributed by atoms with Crippen molar-refractivity contribution in [3.63, 3.8) is 0 Å². The zero-order valence-electron chi connectivity index (χ0n) is 10.5. The molecule has 0 bridgehead atoms. The Bertz CT molecular complexity index is 473. The van der Waals surface area contributed by atoms with Crippen molar-refractivity contribution >= 4 is 12.0 Å². The lowest BCUT2D eigenvalue weighted by molar-refractivity contribution is -0.133. The summed E-state index contributed by atoms with van der Waals surface area (Å²) in [5, 5.41) is 6.59. The number of aromatic amines is 1. The highest BCUT2D eigenvalue weighted by Gasteiger charge is 2.38. The molecule has 1 atom stereocenters. The van der Waals surface area contributed by atoms with Crippen molar-refractivity contribution in [2.45, 2.75) is 18.9 Å². The van der Waals surface area contributed by atoms with Crippen molar-refractivity contribution in [1.29, 1.82) is 0 Å². The number of hydrogen-bond acceptors (Lipinski definition) is 4. The van der Waals surface area contributed by atoms with Gasteiger partial charge in [0.05, 0.1) is 12.2 Å². The molecule has 19 heavy (non-hydrogen) atoms. The Kier molecular flexibility index (Phi) is 3.10. The van der Waals surface area contributed by atoms with Crippen molar-refractivity contribution in [2.75, 3.05) is 26.2 Å². The van der Waals surface area contributed by atoms with Gasteiger partial charge in [-0.05, 0) is 12.0 Å². The third kappa shape index (κ3) is 2.40. The van der Waals surface area contributed by atoms with Crippen LogP contribution in [0.2, 0.25) is 0 Å². The molecule has 3 heterocycles. The molecule has 1 N–H and O–H groups in total. The van der Waals surface area contributed by atoms with Gasteiger partial charge in [-0.25, -0.2) is 4.79 Å². The predicted octanol–water partition coefficient (Wildman–Crippen LogP) is 0.00530. The largest absolute Gasteiger partial charge is 0.447 e. The second-order valence-electron chi connectivity index (χ2n) is 4.87. The average molecular weight is 264 g/mol. The number of piperazine rings is 1. The minimum absolute atomic E-state index is 0.0270. The lowest BCUT2D eigenvalue weighted by atomic mass is 10.1. The molecule has 102 valence electrons. The number of hydrogen-bond donors (Lipinski definition) is 1. The summed E-state index contributed by atoms with van der Waals surface area (Å²) in [6.07, 6.45) is 4.44. The van der Waals surface area contributed by atoms with Crippen LogP contribution in [0, 0.1) is 0 Å². The SMILES string of the molecule is O=C(CCc1cn[nH]c1)N1CCN2C(=O)OCC2C1. The van der Waals surface area contributed by atoms with Crippen LogP contribution < -0.4 is 0 Å². The maximum atomic E-state index is 12.1. The molecule has 0 spiro atoms. The van der Waals surface area contributed by atoms with Crippen molar-refractivity contribution in [1.82, 2.24) is 20.0 Å². The third-order valence-electron chi connectivity index (χ3n) is 3.65. The summed E-state index contributed by atoms with van der Waals surface area (Å²) in [7, 11) is 0. The van der Waals surface area contributed by atoms with Gasteiger partial charge < -0.3 is 9.64 Å². The highest BCUT2D eigenvalue weighted by Crippen LogP contribution is 2.18. The quantitative estimate of drug-likeness (QED) is 0.834. The molecule has 2 amide bonds. The second kappa shape index (κ2) is 4.91. The molecule has 0 aliphatic carbocycles. The summed E-state index contributed by atoms with van der Waals surface area (Å²) < 4.78 is 4.98. The maximum absolute atomic E-state index is 12.1. The van der Waals surface area contributed by atoms with Gasteiger partial charge in [-0.1, -0.05) is 0 Å². The molecule has 1 unspecified atom stereocenters. The topological polar surface area (TPSA) is 78.5 Å². The number of H-pyrrole nitrogens is 1. The fourth-order valence-corrected chi connectivity index (χ4v) is 2.54. The standard InChI is InChI=1S/C12H16N4O3/c17-11(2-1-9-5-13-14-6-9)15-3-4-16-10(7-15)8-19-12(16)18/h5-6,10H,1-4,7-8H2,(H,13,14). The highest BCUT2D eigenvalue weighted by molar-refractivity contribution is 5.77.